The van der Waals surface area contributed by atoms with Crippen LogP contribution < -0.4 is 5.56 Å². The second kappa shape index (κ2) is 4.74. The molecule has 18 heavy (non-hydrogen) atoms. The molecule has 0 unspecified atom stereocenters. The van der Waals surface area contributed by atoms with Gasteiger partial charge in [-0.2, -0.15) is 5.10 Å². The van der Waals surface area contributed by atoms with Crippen molar-refractivity contribution in [2.45, 2.75) is 6.92 Å². The third-order valence-corrected chi connectivity index (χ3v) is 2.83. The normalized spacial score (nSPS) is 10.4. The first-order valence-corrected chi connectivity index (χ1v) is 5.72. The molecule has 0 fully saturated rings. The summed E-state index contributed by atoms with van der Waals surface area (Å²) in [4.78, 5) is 23.1. The van der Waals surface area contributed by atoms with Gasteiger partial charge < -0.3 is 0 Å². The Morgan fingerprint density at radius 1 is 1.28 bits per heavy atom. The molecule has 0 saturated heterocycles. The van der Waals surface area contributed by atoms with Crippen molar-refractivity contribution >= 4 is 17.4 Å². The highest BCUT2D eigenvalue weighted by Gasteiger charge is 2.11. The van der Waals surface area contributed by atoms with Gasteiger partial charge in [-0.1, -0.05) is 23.7 Å². The Morgan fingerprint density at radius 2 is 1.89 bits per heavy atom. The van der Waals surface area contributed by atoms with E-state index in [1.807, 2.05) is 0 Å². The van der Waals surface area contributed by atoms with Crippen molar-refractivity contribution in [3.05, 3.63) is 51.3 Å². The Bertz CT molecular complexity index is 660. The monoisotopic (exact) mass is 262 g/mol. The average molecular weight is 263 g/mol. The Morgan fingerprint density at radius 3 is 2.44 bits per heavy atom. The Hall–Kier alpha value is -1.94. The number of aromatic nitrogens is 2. The summed E-state index contributed by atoms with van der Waals surface area (Å²) < 4.78 is 1.17. The smallest absolute Gasteiger partial charge is 0.277 e. The fourth-order valence-corrected chi connectivity index (χ4v) is 1.75. The number of carbonyl (C=O) groups excluding carboxylic acids is 1. The molecule has 1 aromatic carbocycles. The van der Waals surface area contributed by atoms with Crippen LogP contribution in [0.3, 0.4) is 0 Å². The maximum Gasteiger partial charge on any atom is 0.277 e. The summed E-state index contributed by atoms with van der Waals surface area (Å²) in [5.41, 5.74) is 1.12. The molecule has 1 aromatic heterocycles. The summed E-state index contributed by atoms with van der Waals surface area (Å²) in [6.07, 6.45) is 0. The lowest BCUT2D eigenvalue weighted by Gasteiger charge is -2.05. The molecule has 0 amide bonds. The van der Waals surface area contributed by atoms with Gasteiger partial charge in [-0.3, -0.25) is 9.59 Å². The van der Waals surface area contributed by atoms with Gasteiger partial charge in [0.25, 0.3) is 5.56 Å². The van der Waals surface area contributed by atoms with E-state index >= 15 is 0 Å². The van der Waals surface area contributed by atoms with Crippen LogP contribution in [0.2, 0.25) is 5.02 Å². The molecule has 0 aliphatic heterocycles. The highest BCUT2D eigenvalue weighted by atomic mass is 35.5. The molecule has 4 nitrogen and oxygen atoms in total. The number of benzene rings is 1. The lowest BCUT2D eigenvalue weighted by Crippen LogP contribution is -2.25. The van der Waals surface area contributed by atoms with Crippen LogP contribution in [-0.4, -0.2) is 15.6 Å². The van der Waals surface area contributed by atoms with Crippen molar-refractivity contribution in [1.82, 2.24) is 9.78 Å². The number of halogens is 1. The van der Waals surface area contributed by atoms with Gasteiger partial charge in [0, 0.05) is 17.6 Å². The minimum Gasteiger partial charge on any atom is -0.294 e. The van der Waals surface area contributed by atoms with Gasteiger partial charge in [-0.05, 0) is 25.1 Å². The van der Waals surface area contributed by atoms with E-state index in [-0.39, 0.29) is 16.9 Å². The van der Waals surface area contributed by atoms with Crippen molar-refractivity contribution in [1.29, 1.82) is 0 Å². The van der Waals surface area contributed by atoms with Crippen LogP contribution >= 0.6 is 11.6 Å². The Labute approximate surface area is 109 Å². The van der Waals surface area contributed by atoms with Crippen molar-refractivity contribution < 1.29 is 4.79 Å². The highest BCUT2D eigenvalue weighted by molar-refractivity contribution is 6.30. The molecular formula is C13H11ClN2O2. The zero-order chi connectivity index (χ0) is 13.3. The maximum absolute atomic E-state index is 11.7. The first-order valence-electron chi connectivity index (χ1n) is 5.34. The summed E-state index contributed by atoms with van der Waals surface area (Å²) in [5.74, 6) is -0.270. The van der Waals surface area contributed by atoms with Gasteiger partial charge in [0.15, 0.2) is 5.78 Å². The molecule has 0 bridgehead atoms. The fourth-order valence-electron chi connectivity index (χ4n) is 1.62. The Kier molecular flexibility index (Phi) is 3.30. The molecule has 0 radical (unpaired) electrons. The van der Waals surface area contributed by atoms with Crippen LogP contribution in [-0.2, 0) is 7.05 Å². The molecule has 0 aliphatic rings. The minimum atomic E-state index is -0.389. The topological polar surface area (TPSA) is 52.0 Å². The van der Waals surface area contributed by atoms with Gasteiger partial charge in [-0.15, -0.1) is 0 Å². The van der Waals surface area contributed by atoms with Crippen LogP contribution in [0.4, 0.5) is 0 Å². The van der Waals surface area contributed by atoms with Gasteiger partial charge in [0.1, 0.15) is 0 Å². The van der Waals surface area contributed by atoms with Crippen molar-refractivity contribution in [3.8, 4) is 11.3 Å². The number of hydrogen-bond donors (Lipinski definition) is 0. The predicted octanol–water partition coefficient (Wildman–Crippen LogP) is 2.30. The molecule has 0 aliphatic carbocycles. The number of ketones is 1. The molecule has 5 heteroatoms. The lowest BCUT2D eigenvalue weighted by atomic mass is 10.1. The molecule has 92 valence electrons. The predicted molar refractivity (Wildman–Crippen MR) is 69.9 cm³/mol. The van der Waals surface area contributed by atoms with Gasteiger partial charge in [0.05, 0.1) is 11.3 Å². The van der Waals surface area contributed by atoms with Crippen LogP contribution in [0.1, 0.15) is 17.3 Å². The summed E-state index contributed by atoms with van der Waals surface area (Å²) >= 11 is 5.81. The molecule has 2 aromatic rings. The summed E-state index contributed by atoms with van der Waals surface area (Å²) in [6.45, 7) is 1.36. The summed E-state index contributed by atoms with van der Waals surface area (Å²) in [5, 5.41) is 4.75. The zero-order valence-electron chi connectivity index (χ0n) is 9.98. The SMILES string of the molecule is CC(=O)c1cc(-c2ccc(Cl)cc2)nn(C)c1=O. The molecule has 2 rings (SSSR count). The number of Topliss-reactive ketones (excluding diaryl/α,β-unsaturated/α-hetero) is 1. The van der Waals surface area contributed by atoms with E-state index in [1.165, 1.54) is 24.7 Å². The van der Waals surface area contributed by atoms with Crippen molar-refractivity contribution in [2.24, 2.45) is 7.05 Å². The molecule has 0 spiro atoms. The van der Waals surface area contributed by atoms with E-state index in [4.69, 9.17) is 11.6 Å². The number of hydrogen-bond acceptors (Lipinski definition) is 3. The first kappa shape index (κ1) is 12.5. The first-order chi connectivity index (χ1) is 8.49. The summed E-state index contributed by atoms with van der Waals surface area (Å²) in [6, 6.07) is 8.56. The number of rotatable bonds is 2. The number of carbonyl (C=O) groups is 1. The minimum absolute atomic E-state index is 0.137. The van der Waals surface area contributed by atoms with Crippen LogP contribution in [0.25, 0.3) is 11.3 Å². The third kappa shape index (κ3) is 2.33. The van der Waals surface area contributed by atoms with E-state index in [1.54, 1.807) is 24.3 Å². The van der Waals surface area contributed by atoms with Gasteiger partial charge in [0.2, 0.25) is 0 Å². The Balaban J connectivity index is 2.62. The molecule has 1 heterocycles. The standard InChI is InChI=1S/C13H11ClN2O2/c1-8(17)11-7-12(15-16(2)13(11)18)9-3-5-10(14)6-4-9/h3-7H,1-2H3. The zero-order valence-corrected chi connectivity index (χ0v) is 10.7. The average Bonchev–Trinajstić information content (AvgIpc) is 2.33. The number of aryl methyl sites for hydroxylation is 1. The molecule has 0 N–H and O–H groups in total. The second-order valence-corrected chi connectivity index (χ2v) is 4.37. The highest BCUT2D eigenvalue weighted by Crippen LogP contribution is 2.19. The van der Waals surface area contributed by atoms with E-state index in [2.05, 4.69) is 5.10 Å². The molecule has 0 atom stereocenters. The lowest BCUT2D eigenvalue weighted by molar-refractivity contribution is 0.101. The quantitative estimate of drug-likeness (QED) is 0.781. The van der Waals surface area contributed by atoms with Gasteiger partial charge >= 0.3 is 0 Å². The molecule has 0 saturated carbocycles. The van der Waals surface area contributed by atoms with Crippen molar-refractivity contribution in [3.63, 3.8) is 0 Å². The largest absolute Gasteiger partial charge is 0.294 e. The number of nitrogens with zero attached hydrogens (tertiary/aromatic N) is 2. The van der Waals surface area contributed by atoms with Gasteiger partial charge in [-0.25, -0.2) is 4.68 Å². The van der Waals surface area contributed by atoms with E-state index in [9.17, 15) is 9.59 Å². The van der Waals surface area contributed by atoms with E-state index < -0.39 is 0 Å². The van der Waals surface area contributed by atoms with E-state index in [0.717, 1.165) is 5.56 Å². The van der Waals surface area contributed by atoms with Crippen LogP contribution in [0.5, 0.6) is 0 Å². The second-order valence-electron chi connectivity index (χ2n) is 3.94. The van der Waals surface area contributed by atoms with Crippen LogP contribution in [0, 0.1) is 0 Å². The molecular weight excluding hydrogens is 252 g/mol. The summed E-state index contributed by atoms with van der Waals surface area (Å²) in [7, 11) is 1.52. The fraction of sp³-hybridized carbons (Fsp3) is 0.154. The maximum atomic E-state index is 11.7. The van der Waals surface area contributed by atoms with E-state index in [0.29, 0.717) is 10.7 Å². The third-order valence-electron chi connectivity index (χ3n) is 2.58. The van der Waals surface area contributed by atoms with Crippen LogP contribution in [0.15, 0.2) is 35.1 Å². The van der Waals surface area contributed by atoms with Crippen molar-refractivity contribution in [2.75, 3.05) is 0 Å².